The molecule has 4 nitrogen and oxygen atoms in total. The average Bonchev–Trinajstić information content (AvgIpc) is 3.85. The number of fused-ring (bicyclic) bond motifs is 6. The van der Waals surface area contributed by atoms with Crippen molar-refractivity contribution in [2.45, 2.75) is 0 Å². The summed E-state index contributed by atoms with van der Waals surface area (Å²) in [5.74, 6) is 1.90. The van der Waals surface area contributed by atoms with Crippen LogP contribution in [0, 0.1) is 0 Å². The minimum atomic E-state index is 0.623. The summed E-state index contributed by atoms with van der Waals surface area (Å²) in [7, 11) is 0. The first-order chi connectivity index (χ1) is 27.7. The molecule has 0 aliphatic carbocycles. The third-order valence-electron chi connectivity index (χ3n) is 10.5. The summed E-state index contributed by atoms with van der Waals surface area (Å²) in [5, 5.41) is 4.71. The van der Waals surface area contributed by atoms with Gasteiger partial charge in [0.25, 0.3) is 0 Å². The Hall–Kier alpha value is -7.21. The Morgan fingerprint density at radius 2 is 0.946 bits per heavy atom. The van der Waals surface area contributed by atoms with E-state index in [1.807, 2.05) is 72.0 Å². The SMILES string of the molecule is c1ccc(-c2nc(-c3ccccc3)nc(-c3cccc(-c4cccc5oc6cc(-c7c(-c8ccccc8)ccc8sc9ccccc9c78)ccc6c45)c3)n2)cc1. The number of hydrogen-bond donors (Lipinski definition) is 0. The molecule has 3 aromatic heterocycles. The smallest absolute Gasteiger partial charge is 0.164 e. The monoisotopic (exact) mass is 733 g/mol. The molecule has 262 valence electrons. The van der Waals surface area contributed by atoms with Gasteiger partial charge in [0, 0.05) is 47.6 Å². The van der Waals surface area contributed by atoms with Crippen LogP contribution in [0.3, 0.4) is 0 Å². The number of thiophene rings is 1. The molecule has 8 aromatic carbocycles. The molecule has 5 heteroatoms. The Balaban J connectivity index is 1.07. The standard InChI is InChI=1S/C51H31N3OS/c1-4-14-32(15-5-1)39-28-29-45-48(41-22-10-11-25-44(41)56-45)46(39)36-26-27-40-43(31-36)55-42-24-13-23-38(47(40)42)35-20-12-21-37(30-35)51-53-49(33-16-6-2-7-17-33)52-50(54-51)34-18-8-3-9-19-34/h1-31H. The Kier molecular flexibility index (Phi) is 7.64. The summed E-state index contributed by atoms with van der Waals surface area (Å²) in [6, 6.07) is 65.6. The van der Waals surface area contributed by atoms with Gasteiger partial charge in [0.15, 0.2) is 17.5 Å². The number of aromatic nitrogens is 3. The Morgan fingerprint density at radius 3 is 1.68 bits per heavy atom. The number of furan rings is 1. The molecule has 0 fully saturated rings. The van der Waals surface area contributed by atoms with Crippen molar-refractivity contribution < 1.29 is 4.42 Å². The highest BCUT2D eigenvalue weighted by Gasteiger charge is 2.20. The van der Waals surface area contributed by atoms with Gasteiger partial charge in [0.05, 0.1) is 0 Å². The number of nitrogens with zero attached hydrogens (tertiary/aromatic N) is 3. The van der Waals surface area contributed by atoms with Crippen molar-refractivity contribution in [2.75, 3.05) is 0 Å². The van der Waals surface area contributed by atoms with Crippen molar-refractivity contribution in [3.63, 3.8) is 0 Å². The predicted octanol–water partition coefficient (Wildman–Crippen LogP) is 14.1. The summed E-state index contributed by atoms with van der Waals surface area (Å²) in [6.45, 7) is 0. The van der Waals surface area contributed by atoms with Gasteiger partial charge >= 0.3 is 0 Å². The van der Waals surface area contributed by atoms with Crippen LogP contribution in [0.5, 0.6) is 0 Å². The molecule has 0 spiro atoms. The molecular weight excluding hydrogens is 703 g/mol. The molecule has 0 N–H and O–H groups in total. The van der Waals surface area contributed by atoms with Crippen LogP contribution >= 0.6 is 11.3 Å². The van der Waals surface area contributed by atoms with E-state index in [2.05, 4.69) is 127 Å². The van der Waals surface area contributed by atoms with Gasteiger partial charge in [-0.15, -0.1) is 11.3 Å². The number of rotatable bonds is 6. The van der Waals surface area contributed by atoms with Crippen LogP contribution in [0.4, 0.5) is 0 Å². The predicted molar refractivity (Wildman–Crippen MR) is 233 cm³/mol. The zero-order valence-electron chi connectivity index (χ0n) is 30.1. The molecule has 0 bridgehead atoms. The lowest BCUT2D eigenvalue weighted by atomic mass is 9.90. The third kappa shape index (κ3) is 5.48. The van der Waals surface area contributed by atoms with Gasteiger partial charge in [-0.25, -0.2) is 15.0 Å². The first-order valence-corrected chi connectivity index (χ1v) is 19.5. The first kappa shape index (κ1) is 32.2. The normalized spacial score (nSPS) is 11.6. The quantitative estimate of drug-likeness (QED) is 0.171. The molecule has 56 heavy (non-hydrogen) atoms. The van der Waals surface area contributed by atoms with Crippen LogP contribution in [0.25, 0.3) is 110 Å². The Bertz CT molecular complexity index is 3180. The number of hydrogen-bond acceptors (Lipinski definition) is 5. The van der Waals surface area contributed by atoms with Gasteiger partial charge < -0.3 is 4.42 Å². The van der Waals surface area contributed by atoms with E-state index in [0.29, 0.717) is 17.5 Å². The van der Waals surface area contributed by atoms with Crippen molar-refractivity contribution in [3.8, 4) is 67.5 Å². The number of benzene rings is 8. The van der Waals surface area contributed by atoms with E-state index >= 15 is 0 Å². The molecule has 11 rings (SSSR count). The van der Waals surface area contributed by atoms with Crippen LogP contribution in [-0.2, 0) is 0 Å². The lowest BCUT2D eigenvalue weighted by Gasteiger charge is -2.13. The fraction of sp³-hybridized carbons (Fsp3) is 0. The molecule has 0 atom stereocenters. The van der Waals surface area contributed by atoms with Crippen LogP contribution in [-0.4, -0.2) is 15.0 Å². The molecule has 0 saturated heterocycles. The highest BCUT2D eigenvalue weighted by Crippen LogP contribution is 2.46. The maximum atomic E-state index is 6.72. The van der Waals surface area contributed by atoms with Crippen molar-refractivity contribution >= 4 is 53.4 Å². The van der Waals surface area contributed by atoms with Crippen LogP contribution in [0.15, 0.2) is 192 Å². The second-order valence-corrected chi connectivity index (χ2v) is 15.0. The fourth-order valence-electron chi connectivity index (χ4n) is 7.96. The highest BCUT2D eigenvalue weighted by molar-refractivity contribution is 7.26. The second-order valence-electron chi connectivity index (χ2n) is 13.9. The molecule has 0 aliphatic rings. The van der Waals surface area contributed by atoms with Crippen molar-refractivity contribution in [2.24, 2.45) is 0 Å². The molecule has 0 amide bonds. The van der Waals surface area contributed by atoms with Gasteiger partial charge in [-0.3, -0.25) is 0 Å². The Labute approximate surface area is 327 Å². The van der Waals surface area contributed by atoms with E-state index in [-0.39, 0.29) is 0 Å². The first-order valence-electron chi connectivity index (χ1n) is 18.7. The van der Waals surface area contributed by atoms with Crippen LogP contribution < -0.4 is 0 Å². The van der Waals surface area contributed by atoms with E-state index in [1.165, 1.54) is 36.9 Å². The summed E-state index contributed by atoms with van der Waals surface area (Å²) >= 11 is 1.84. The van der Waals surface area contributed by atoms with Gasteiger partial charge in [0.2, 0.25) is 0 Å². The summed E-state index contributed by atoms with van der Waals surface area (Å²) in [4.78, 5) is 14.9. The molecular formula is C51H31N3OS. The van der Waals surface area contributed by atoms with Gasteiger partial charge in [-0.2, -0.15) is 0 Å². The molecule has 0 aliphatic heterocycles. The Morgan fingerprint density at radius 1 is 0.339 bits per heavy atom. The van der Waals surface area contributed by atoms with Gasteiger partial charge in [-0.1, -0.05) is 152 Å². The minimum Gasteiger partial charge on any atom is -0.456 e. The van der Waals surface area contributed by atoms with E-state index in [1.54, 1.807) is 0 Å². The van der Waals surface area contributed by atoms with Crippen molar-refractivity contribution in [1.29, 1.82) is 0 Å². The van der Waals surface area contributed by atoms with Crippen LogP contribution in [0.2, 0.25) is 0 Å². The minimum absolute atomic E-state index is 0.623. The molecule has 0 unspecified atom stereocenters. The van der Waals surface area contributed by atoms with Gasteiger partial charge in [0.1, 0.15) is 11.2 Å². The molecule has 3 heterocycles. The van der Waals surface area contributed by atoms with E-state index in [0.717, 1.165) is 55.3 Å². The molecule has 0 saturated carbocycles. The lowest BCUT2D eigenvalue weighted by Crippen LogP contribution is -2.00. The third-order valence-corrected chi connectivity index (χ3v) is 11.7. The summed E-state index contributed by atoms with van der Waals surface area (Å²) in [5.41, 5.74) is 11.4. The maximum absolute atomic E-state index is 6.72. The van der Waals surface area contributed by atoms with Crippen molar-refractivity contribution in [3.05, 3.63) is 188 Å². The molecule has 11 aromatic rings. The maximum Gasteiger partial charge on any atom is 0.164 e. The lowest BCUT2D eigenvalue weighted by molar-refractivity contribution is 0.669. The largest absolute Gasteiger partial charge is 0.456 e. The van der Waals surface area contributed by atoms with E-state index < -0.39 is 0 Å². The molecule has 0 radical (unpaired) electrons. The van der Waals surface area contributed by atoms with E-state index in [9.17, 15) is 0 Å². The zero-order valence-corrected chi connectivity index (χ0v) is 30.9. The topological polar surface area (TPSA) is 51.8 Å². The summed E-state index contributed by atoms with van der Waals surface area (Å²) < 4.78 is 9.28. The highest BCUT2D eigenvalue weighted by atomic mass is 32.1. The second kappa shape index (κ2) is 13.3. The zero-order chi connectivity index (χ0) is 37.0. The fourth-order valence-corrected chi connectivity index (χ4v) is 9.07. The van der Waals surface area contributed by atoms with Gasteiger partial charge in [-0.05, 0) is 69.8 Å². The van der Waals surface area contributed by atoms with E-state index in [4.69, 9.17) is 19.4 Å². The average molecular weight is 734 g/mol. The van der Waals surface area contributed by atoms with Crippen molar-refractivity contribution in [1.82, 2.24) is 15.0 Å². The van der Waals surface area contributed by atoms with Crippen LogP contribution in [0.1, 0.15) is 0 Å². The summed E-state index contributed by atoms with van der Waals surface area (Å²) in [6.07, 6.45) is 0.